The Hall–Kier alpha value is -1.55. The molecule has 0 saturated carbocycles. The zero-order chi connectivity index (χ0) is 12.0. The molecule has 86 valence electrons. The molecule has 2 aromatic heterocycles. The van der Waals surface area contributed by atoms with Crippen molar-refractivity contribution in [2.45, 2.75) is 13.8 Å². The van der Waals surface area contributed by atoms with Crippen molar-refractivity contribution in [3.8, 4) is 11.6 Å². The zero-order valence-corrected chi connectivity index (χ0v) is 11.1. The van der Waals surface area contributed by atoms with E-state index in [1.165, 1.54) is 0 Å². The van der Waals surface area contributed by atoms with Crippen molar-refractivity contribution in [1.29, 1.82) is 0 Å². The molecule has 0 bridgehead atoms. The van der Waals surface area contributed by atoms with Gasteiger partial charge in [-0.3, -0.25) is 0 Å². The number of nitrogens with zero attached hydrogens (tertiary/aromatic N) is 1. The molecule has 0 saturated heterocycles. The van der Waals surface area contributed by atoms with E-state index in [0.29, 0.717) is 0 Å². The van der Waals surface area contributed by atoms with Gasteiger partial charge in [0.2, 0.25) is 0 Å². The smallest absolute Gasteiger partial charge is 0.174 e. The monoisotopic (exact) mass is 290 g/mol. The predicted octanol–water partition coefficient (Wildman–Crippen LogP) is 4.20. The maximum atomic E-state index is 5.56. The van der Waals surface area contributed by atoms with Crippen molar-refractivity contribution in [2.75, 3.05) is 0 Å². The third-order valence-electron chi connectivity index (χ3n) is 2.72. The van der Waals surface area contributed by atoms with Crippen LogP contribution in [0.3, 0.4) is 0 Å². The van der Waals surface area contributed by atoms with E-state index in [9.17, 15) is 0 Å². The fourth-order valence-electron chi connectivity index (χ4n) is 1.93. The number of fused-ring (bicyclic) bond motifs is 1. The number of aromatic nitrogens is 2. The number of rotatable bonds is 1. The molecule has 4 heteroatoms. The Morgan fingerprint density at radius 3 is 2.76 bits per heavy atom. The summed E-state index contributed by atoms with van der Waals surface area (Å²) in [6.45, 7) is 3.97. The lowest BCUT2D eigenvalue weighted by Crippen LogP contribution is -1.77. The van der Waals surface area contributed by atoms with Crippen LogP contribution < -0.4 is 0 Å². The first-order valence-electron chi connectivity index (χ1n) is 5.36. The molecule has 0 aliphatic rings. The molecule has 1 N–H and O–H groups in total. The summed E-state index contributed by atoms with van der Waals surface area (Å²) in [6.07, 6.45) is 0. The largest absolute Gasteiger partial charge is 0.458 e. The van der Waals surface area contributed by atoms with Crippen LogP contribution in [0, 0.1) is 13.8 Å². The highest BCUT2D eigenvalue weighted by atomic mass is 79.9. The van der Waals surface area contributed by atoms with Crippen LogP contribution in [0.5, 0.6) is 0 Å². The van der Waals surface area contributed by atoms with Crippen LogP contribution in [0.1, 0.15) is 11.3 Å². The molecule has 2 heterocycles. The molecular weight excluding hydrogens is 280 g/mol. The fraction of sp³-hybridized carbons (Fsp3) is 0.154. The number of H-pyrrole nitrogens is 1. The van der Waals surface area contributed by atoms with Crippen molar-refractivity contribution in [1.82, 2.24) is 9.97 Å². The van der Waals surface area contributed by atoms with Gasteiger partial charge in [-0.2, -0.15) is 0 Å². The van der Waals surface area contributed by atoms with E-state index in [4.69, 9.17) is 4.42 Å². The number of imidazole rings is 1. The number of aryl methyl sites for hydroxylation is 2. The van der Waals surface area contributed by atoms with Gasteiger partial charge in [0, 0.05) is 4.47 Å². The minimum atomic E-state index is 0.772. The van der Waals surface area contributed by atoms with Gasteiger partial charge in [-0.1, -0.05) is 15.9 Å². The standard InChI is InChI=1S/C13H11BrN2O/c1-7-5-9(14)6-10-12(7)16-13(15-10)11-4-3-8(2)17-11/h3-6H,1-2H3,(H,15,16). The fourth-order valence-corrected chi connectivity index (χ4v) is 2.50. The van der Waals surface area contributed by atoms with Gasteiger partial charge < -0.3 is 9.40 Å². The Kier molecular flexibility index (Phi) is 2.33. The maximum absolute atomic E-state index is 5.56. The number of furan rings is 1. The molecule has 3 nitrogen and oxygen atoms in total. The lowest BCUT2D eigenvalue weighted by Gasteiger charge is -1.94. The van der Waals surface area contributed by atoms with E-state index in [1.54, 1.807) is 0 Å². The van der Waals surface area contributed by atoms with E-state index >= 15 is 0 Å². The molecule has 0 spiro atoms. The molecule has 0 atom stereocenters. The Morgan fingerprint density at radius 1 is 1.24 bits per heavy atom. The van der Waals surface area contributed by atoms with Gasteiger partial charge in [0.05, 0.1) is 11.0 Å². The van der Waals surface area contributed by atoms with Crippen molar-refractivity contribution >= 4 is 27.0 Å². The summed E-state index contributed by atoms with van der Waals surface area (Å²) >= 11 is 3.48. The number of benzene rings is 1. The first kappa shape index (κ1) is 10.6. The molecule has 0 aliphatic heterocycles. The van der Waals surface area contributed by atoms with Gasteiger partial charge >= 0.3 is 0 Å². The molecule has 1 aromatic carbocycles. The van der Waals surface area contributed by atoms with E-state index < -0.39 is 0 Å². The van der Waals surface area contributed by atoms with Gasteiger partial charge in [0.1, 0.15) is 5.76 Å². The number of halogens is 1. The van der Waals surface area contributed by atoms with Crippen LogP contribution in [-0.4, -0.2) is 9.97 Å². The van der Waals surface area contributed by atoms with Gasteiger partial charge in [-0.15, -0.1) is 0 Å². The summed E-state index contributed by atoms with van der Waals surface area (Å²) in [6, 6.07) is 7.94. The van der Waals surface area contributed by atoms with Crippen LogP contribution in [-0.2, 0) is 0 Å². The Bertz CT molecular complexity index is 697. The summed E-state index contributed by atoms with van der Waals surface area (Å²) in [4.78, 5) is 7.84. The highest BCUT2D eigenvalue weighted by Gasteiger charge is 2.10. The average molecular weight is 291 g/mol. The summed E-state index contributed by atoms with van der Waals surface area (Å²) in [5.74, 6) is 2.43. The lowest BCUT2D eigenvalue weighted by atomic mass is 10.2. The summed E-state index contributed by atoms with van der Waals surface area (Å²) in [7, 11) is 0. The van der Waals surface area contributed by atoms with Gasteiger partial charge in [0.25, 0.3) is 0 Å². The third-order valence-corrected chi connectivity index (χ3v) is 3.17. The molecule has 3 aromatic rings. The minimum absolute atomic E-state index is 0.772. The first-order chi connectivity index (χ1) is 8.13. The molecule has 0 aliphatic carbocycles. The van der Waals surface area contributed by atoms with E-state index in [-0.39, 0.29) is 0 Å². The number of nitrogens with one attached hydrogen (secondary N) is 1. The second kappa shape index (κ2) is 3.74. The quantitative estimate of drug-likeness (QED) is 0.730. The summed E-state index contributed by atoms with van der Waals surface area (Å²) in [5, 5.41) is 0. The van der Waals surface area contributed by atoms with Gasteiger partial charge in [0.15, 0.2) is 11.6 Å². The SMILES string of the molecule is Cc1ccc(-c2nc3c(C)cc(Br)cc3[nH]2)o1. The van der Waals surface area contributed by atoms with Crippen molar-refractivity contribution in [3.05, 3.63) is 40.1 Å². The first-order valence-corrected chi connectivity index (χ1v) is 6.15. The van der Waals surface area contributed by atoms with Crippen molar-refractivity contribution < 1.29 is 4.42 Å². The number of hydrogen-bond donors (Lipinski definition) is 1. The van der Waals surface area contributed by atoms with E-state index in [2.05, 4.69) is 32.0 Å². The summed E-state index contributed by atoms with van der Waals surface area (Å²) in [5.41, 5.74) is 3.14. The molecule has 0 fully saturated rings. The number of aromatic amines is 1. The predicted molar refractivity (Wildman–Crippen MR) is 71.0 cm³/mol. The maximum Gasteiger partial charge on any atom is 0.174 e. The zero-order valence-electron chi connectivity index (χ0n) is 9.54. The van der Waals surface area contributed by atoms with Crippen LogP contribution in [0.4, 0.5) is 0 Å². The Morgan fingerprint density at radius 2 is 2.06 bits per heavy atom. The van der Waals surface area contributed by atoms with Crippen LogP contribution in [0.2, 0.25) is 0 Å². The van der Waals surface area contributed by atoms with Crippen LogP contribution >= 0.6 is 15.9 Å². The van der Waals surface area contributed by atoms with Crippen molar-refractivity contribution in [2.24, 2.45) is 0 Å². The van der Waals surface area contributed by atoms with Gasteiger partial charge in [-0.25, -0.2) is 4.98 Å². The molecule has 0 amide bonds. The molecule has 17 heavy (non-hydrogen) atoms. The Labute approximate surface area is 107 Å². The highest BCUT2D eigenvalue weighted by Crippen LogP contribution is 2.26. The topological polar surface area (TPSA) is 41.8 Å². The second-order valence-electron chi connectivity index (χ2n) is 4.11. The lowest BCUT2D eigenvalue weighted by molar-refractivity contribution is 0.545. The van der Waals surface area contributed by atoms with E-state index in [1.807, 2.05) is 32.0 Å². The number of hydrogen-bond acceptors (Lipinski definition) is 2. The van der Waals surface area contributed by atoms with Crippen LogP contribution in [0.15, 0.2) is 33.2 Å². The minimum Gasteiger partial charge on any atom is -0.458 e. The summed E-state index contributed by atoms with van der Waals surface area (Å²) < 4.78 is 6.61. The van der Waals surface area contributed by atoms with E-state index in [0.717, 1.165) is 38.4 Å². The Balaban J connectivity index is 2.23. The second-order valence-corrected chi connectivity index (χ2v) is 5.03. The van der Waals surface area contributed by atoms with Crippen LogP contribution in [0.25, 0.3) is 22.6 Å². The van der Waals surface area contributed by atoms with Gasteiger partial charge in [-0.05, 0) is 43.7 Å². The molecule has 3 rings (SSSR count). The molecule has 0 unspecified atom stereocenters. The third kappa shape index (κ3) is 1.78. The highest BCUT2D eigenvalue weighted by molar-refractivity contribution is 9.10. The molecular formula is C13H11BrN2O. The normalized spacial score (nSPS) is 11.2. The molecule has 0 radical (unpaired) electrons. The average Bonchev–Trinajstić information content (AvgIpc) is 2.83. The van der Waals surface area contributed by atoms with Crippen molar-refractivity contribution in [3.63, 3.8) is 0 Å².